The molecule has 178 valence electrons. The maximum absolute atomic E-state index is 13.0. The SMILES string of the molecule is Cc1ccc(S(=O)(=O)NC(C[C@H](C)C(=O)O)C(=O)Nc2ccc(N3CCOCC3)cc2)cc1. The average molecular weight is 476 g/mol. The number of carboxylic acids is 1. The average Bonchev–Trinajstić information content (AvgIpc) is 2.79. The molecule has 0 spiro atoms. The van der Waals surface area contributed by atoms with Crippen LogP contribution in [0, 0.1) is 12.8 Å². The summed E-state index contributed by atoms with van der Waals surface area (Å²) in [5, 5.41) is 12.0. The lowest BCUT2D eigenvalue weighted by molar-refractivity contribution is -0.141. The number of anilines is 2. The number of carbonyl (C=O) groups is 2. The van der Waals surface area contributed by atoms with Crippen molar-refractivity contribution in [3.05, 3.63) is 54.1 Å². The molecule has 2 aromatic carbocycles. The second kappa shape index (κ2) is 10.8. The number of sulfonamides is 1. The van der Waals surface area contributed by atoms with Crippen LogP contribution in [0.15, 0.2) is 53.4 Å². The molecule has 1 amide bonds. The third kappa shape index (κ3) is 6.77. The number of carboxylic acid groups (broad SMARTS) is 1. The van der Waals surface area contributed by atoms with E-state index in [-0.39, 0.29) is 11.3 Å². The first kappa shape index (κ1) is 24.7. The number of ether oxygens (including phenoxy) is 1. The molecule has 0 radical (unpaired) electrons. The number of nitrogens with zero attached hydrogens (tertiary/aromatic N) is 1. The molecule has 0 bridgehead atoms. The molecule has 1 saturated heterocycles. The van der Waals surface area contributed by atoms with E-state index in [1.165, 1.54) is 19.1 Å². The van der Waals surface area contributed by atoms with Crippen molar-refractivity contribution in [2.24, 2.45) is 5.92 Å². The minimum Gasteiger partial charge on any atom is -0.481 e. The maximum Gasteiger partial charge on any atom is 0.306 e. The fraction of sp³-hybridized carbons (Fsp3) is 0.391. The van der Waals surface area contributed by atoms with Crippen molar-refractivity contribution in [3.63, 3.8) is 0 Å². The predicted molar refractivity (Wildman–Crippen MR) is 125 cm³/mol. The number of amides is 1. The summed E-state index contributed by atoms with van der Waals surface area (Å²) in [6.07, 6.45) is -0.196. The Kier molecular flexibility index (Phi) is 8.06. The summed E-state index contributed by atoms with van der Waals surface area (Å²) >= 11 is 0. The Labute approximate surface area is 193 Å². The van der Waals surface area contributed by atoms with Gasteiger partial charge in [0, 0.05) is 24.5 Å². The van der Waals surface area contributed by atoms with E-state index in [9.17, 15) is 23.1 Å². The molecule has 10 heteroatoms. The molecule has 1 aliphatic rings. The molecule has 2 atom stereocenters. The first-order valence-electron chi connectivity index (χ1n) is 10.7. The standard InChI is InChI=1S/C23H29N3O6S/c1-16-3-9-20(10-4-16)33(30,31)25-21(15-17(2)23(28)29)22(27)24-18-5-7-19(8-6-18)26-11-13-32-14-12-26/h3-10,17,21,25H,11-15H2,1-2H3,(H,24,27)(H,28,29)/t17-,21?/m0/s1. The molecule has 1 fully saturated rings. The van der Waals surface area contributed by atoms with Crippen LogP contribution >= 0.6 is 0 Å². The van der Waals surface area contributed by atoms with Gasteiger partial charge < -0.3 is 20.1 Å². The van der Waals surface area contributed by atoms with E-state index in [4.69, 9.17) is 4.74 Å². The summed E-state index contributed by atoms with van der Waals surface area (Å²) < 4.78 is 33.4. The van der Waals surface area contributed by atoms with E-state index in [1.807, 2.05) is 19.1 Å². The number of aliphatic carboxylic acids is 1. The second-order valence-electron chi connectivity index (χ2n) is 8.10. The van der Waals surface area contributed by atoms with Crippen LogP contribution in [0.4, 0.5) is 11.4 Å². The lowest BCUT2D eigenvalue weighted by Gasteiger charge is -2.29. The quantitative estimate of drug-likeness (QED) is 0.508. The van der Waals surface area contributed by atoms with Crippen LogP contribution in [0.1, 0.15) is 18.9 Å². The maximum atomic E-state index is 13.0. The summed E-state index contributed by atoms with van der Waals surface area (Å²) in [5.41, 5.74) is 2.37. The molecular weight excluding hydrogens is 446 g/mol. The van der Waals surface area contributed by atoms with Gasteiger partial charge in [0.1, 0.15) is 6.04 Å². The van der Waals surface area contributed by atoms with Crippen LogP contribution in [0.3, 0.4) is 0 Å². The largest absolute Gasteiger partial charge is 0.481 e. The first-order chi connectivity index (χ1) is 15.7. The van der Waals surface area contributed by atoms with E-state index in [1.54, 1.807) is 24.3 Å². The van der Waals surface area contributed by atoms with Gasteiger partial charge in [-0.1, -0.05) is 24.6 Å². The van der Waals surface area contributed by atoms with Gasteiger partial charge in [-0.3, -0.25) is 9.59 Å². The van der Waals surface area contributed by atoms with Gasteiger partial charge in [0.05, 0.1) is 24.0 Å². The first-order valence-corrected chi connectivity index (χ1v) is 12.2. The molecule has 0 aromatic heterocycles. The minimum absolute atomic E-state index is 0.00346. The molecule has 2 aromatic rings. The third-order valence-electron chi connectivity index (χ3n) is 5.47. The summed E-state index contributed by atoms with van der Waals surface area (Å²) in [7, 11) is -4.03. The number of benzene rings is 2. The molecule has 1 heterocycles. The molecule has 33 heavy (non-hydrogen) atoms. The van der Waals surface area contributed by atoms with Crippen LogP contribution in [0.25, 0.3) is 0 Å². The Morgan fingerprint density at radius 1 is 1.06 bits per heavy atom. The zero-order chi connectivity index (χ0) is 24.0. The fourth-order valence-electron chi connectivity index (χ4n) is 3.44. The summed E-state index contributed by atoms with van der Waals surface area (Å²) in [5.74, 6) is -2.67. The zero-order valence-corrected chi connectivity index (χ0v) is 19.5. The Hall–Kier alpha value is -2.95. The Bertz CT molecular complexity index is 1060. The number of rotatable bonds is 9. The van der Waals surface area contributed by atoms with Gasteiger partial charge in [0.25, 0.3) is 0 Å². The van der Waals surface area contributed by atoms with Gasteiger partial charge in [-0.15, -0.1) is 0 Å². The monoisotopic (exact) mass is 475 g/mol. The molecule has 3 N–H and O–H groups in total. The Morgan fingerprint density at radius 3 is 2.24 bits per heavy atom. The van der Waals surface area contributed by atoms with Crippen molar-refractivity contribution in [2.45, 2.75) is 31.2 Å². The van der Waals surface area contributed by atoms with E-state index in [0.29, 0.717) is 18.9 Å². The molecule has 0 saturated carbocycles. The van der Waals surface area contributed by atoms with Crippen LogP contribution in [-0.2, 0) is 24.3 Å². The van der Waals surface area contributed by atoms with E-state index in [0.717, 1.165) is 24.3 Å². The predicted octanol–water partition coefficient (Wildman–Crippen LogP) is 2.23. The normalized spacial score (nSPS) is 16.1. The highest BCUT2D eigenvalue weighted by Gasteiger charge is 2.29. The van der Waals surface area contributed by atoms with Gasteiger partial charge in [-0.05, 0) is 49.7 Å². The Balaban J connectivity index is 1.74. The van der Waals surface area contributed by atoms with Crippen molar-refractivity contribution in [3.8, 4) is 0 Å². The van der Waals surface area contributed by atoms with Crippen molar-refractivity contribution in [2.75, 3.05) is 36.5 Å². The van der Waals surface area contributed by atoms with Crippen molar-refractivity contribution in [1.82, 2.24) is 4.72 Å². The highest BCUT2D eigenvalue weighted by Crippen LogP contribution is 2.20. The van der Waals surface area contributed by atoms with Gasteiger partial charge in [-0.25, -0.2) is 8.42 Å². The number of hydrogen-bond donors (Lipinski definition) is 3. The number of hydrogen-bond acceptors (Lipinski definition) is 6. The van der Waals surface area contributed by atoms with Crippen molar-refractivity contribution < 1.29 is 27.9 Å². The molecule has 3 rings (SSSR count). The zero-order valence-electron chi connectivity index (χ0n) is 18.7. The minimum atomic E-state index is -4.03. The third-order valence-corrected chi connectivity index (χ3v) is 6.95. The number of morpholine rings is 1. The molecule has 1 aliphatic heterocycles. The van der Waals surface area contributed by atoms with E-state index >= 15 is 0 Å². The molecule has 1 unspecified atom stereocenters. The Morgan fingerprint density at radius 2 is 1.67 bits per heavy atom. The molecule has 0 aliphatic carbocycles. The van der Waals surface area contributed by atoms with Crippen molar-refractivity contribution >= 4 is 33.3 Å². The van der Waals surface area contributed by atoms with Gasteiger partial charge in [0.15, 0.2) is 0 Å². The topological polar surface area (TPSA) is 125 Å². The van der Waals surface area contributed by atoms with Crippen LogP contribution < -0.4 is 14.9 Å². The molecular formula is C23H29N3O6S. The number of carbonyl (C=O) groups excluding carboxylic acids is 1. The van der Waals surface area contributed by atoms with Gasteiger partial charge in [-0.2, -0.15) is 4.72 Å². The highest BCUT2D eigenvalue weighted by atomic mass is 32.2. The smallest absolute Gasteiger partial charge is 0.306 e. The lowest BCUT2D eigenvalue weighted by atomic mass is 10.0. The fourth-order valence-corrected chi connectivity index (χ4v) is 4.65. The van der Waals surface area contributed by atoms with Crippen LogP contribution in [0.2, 0.25) is 0 Å². The van der Waals surface area contributed by atoms with E-state index in [2.05, 4.69) is 14.9 Å². The van der Waals surface area contributed by atoms with Gasteiger partial charge >= 0.3 is 5.97 Å². The van der Waals surface area contributed by atoms with Crippen LogP contribution in [0.5, 0.6) is 0 Å². The summed E-state index contributed by atoms with van der Waals surface area (Å²) in [4.78, 5) is 26.5. The highest BCUT2D eigenvalue weighted by molar-refractivity contribution is 7.89. The van der Waals surface area contributed by atoms with Gasteiger partial charge in [0.2, 0.25) is 15.9 Å². The summed E-state index contributed by atoms with van der Waals surface area (Å²) in [6, 6.07) is 12.1. The van der Waals surface area contributed by atoms with Crippen molar-refractivity contribution in [1.29, 1.82) is 0 Å². The lowest BCUT2D eigenvalue weighted by Crippen LogP contribution is -2.45. The molecule has 9 nitrogen and oxygen atoms in total. The van der Waals surface area contributed by atoms with E-state index < -0.39 is 33.9 Å². The summed E-state index contributed by atoms with van der Waals surface area (Å²) in [6.45, 7) is 6.13. The second-order valence-corrected chi connectivity index (χ2v) is 9.81. The van der Waals surface area contributed by atoms with Crippen LogP contribution in [-0.4, -0.2) is 57.7 Å². The number of aryl methyl sites for hydroxylation is 1. The number of nitrogens with one attached hydrogen (secondary N) is 2.